The molecule has 138 valence electrons. The van der Waals surface area contributed by atoms with Crippen molar-refractivity contribution in [3.63, 3.8) is 0 Å². The fourth-order valence-electron chi connectivity index (χ4n) is 2.71. The largest absolute Gasteiger partial charge is 0.481 e. The van der Waals surface area contributed by atoms with Crippen molar-refractivity contribution >= 4 is 35.2 Å². The number of halogens is 5. The number of nitrogens with zero attached hydrogens (tertiary/aromatic N) is 1. The third kappa shape index (κ3) is 4.70. The maximum atomic E-state index is 12.9. The number of alkyl halides is 3. The Morgan fingerprint density at radius 1 is 1.28 bits per heavy atom. The van der Waals surface area contributed by atoms with E-state index < -0.39 is 43.1 Å². The number of hydrogen-bond acceptors (Lipinski definition) is 2. The number of nitrogens with one attached hydrogen (secondary N) is 1. The summed E-state index contributed by atoms with van der Waals surface area (Å²) in [5.74, 6) is -5.30. The zero-order valence-electron chi connectivity index (χ0n) is 12.8. The highest BCUT2D eigenvalue weighted by Gasteiger charge is 2.53. The Morgan fingerprint density at radius 3 is 2.52 bits per heavy atom. The van der Waals surface area contributed by atoms with E-state index in [9.17, 15) is 22.8 Å². The molecule has 0 radical (unpaired) electrons. The van der Waals surface area contributed by atoms with Gasteiger partial charge in [0, 0.05) is 19.6 Å². The SMILES string of the molecule is O=C(O)[C@@H]1CN(C(=O)NCCc2cccc(Cl)c2Cl)C[C@H]1C(F)(F)F. The van der Waals surface area contributed by atoms with E-state index in [0.29, 0.717) is 22.0 Å². The molecule has 0 bridgehead atoms. The van der Waals surface area contributed by atoms with Crippen LogP contribution in [0.5, 0.6) is 0 Å². The monoisotopic (exact) mass is 398 g/mol. The van der Waals surface area contributed by atoms with E-state index in [1.165, 1.54) is 0 Å². The highest BCUT2D eigenvalue weighted by atomic mass is 35.5. The Morgan fingerprint density at radius 2 is 1.96 bits per heavy atom. The number of carbonyl (C=O) groups excluding carboxylic acids is 1. The predicted octanol–water partition coefficient (Wildman–Crippen LogP) is 3.44. The second kappa shape index (κ2) is 7.70. The van der Waals surface area contributed by atoms with E-state index in [0.717, 1.165) is 4.90 Å². The first-order chi connectivity index (χ1) is 11.6. The van der Waals surface area contributed by atoms with Gasteiger partial charge in [-0.3, -0.25) is 4.79 Å². The van der Waals surface area contributed by atoms with Gasteiger partial charge in [-0.25, -0.2) is 4.79 Å². The molecule has 5 nitrogen and oxygen atoms in total. The van der Waals surface area contributed by atoms with Crippen molar-refractivity contribution in [1.29, 1.82) is 0 Å². The zero-order chi connectivity index (χ0) is 18.8. The molecule has 0 unspecified atom stereocenters. The van der Waals surface area contributed by atoms with Crippen LogP contribution in [0.25, 0.3) is 0 Å². The molecule has 2 amide bonds. The first-order valence-corrected chi connectivity index (χ1v) is 8.12. The normalized spacial score (nSPS) is 20.6. The molecule has 1 aromatic carbocycles. The lowest BCUT2D eigenvalue weighted by Gasteiger charge is -2.18. The molecule has 1 fully saturated rings. The summed E-state index contributed by atoms with van der Waals surface area (Å²) in [5, 5.41) is 12.1. The number of rotatable bonds is 4. The van der Waals surface area contributed by atoms with Crippen LogP contribution in [-0.4, -0.2) is 47.8 Å². The third-order valence-corrected chi connectivity index (χ3v) is 4.90. The predicted molar refractivity (Wildman–Crippen MR) is 85.8 cm³/mol. The van der Waals surface area contributed by atoms with Crippen molar-refractivity contribution in [2.45, 2.75) is 12.6 Å². The van der Waals surface area contributed by atoms with Crippen molar-refractivity contribution in [1.82, 2.24) is 10.2 Å². The number of likely N-dealkylation sites (tertiary alicyclic amines) is 1. The molecule has 1 aromatic rings. The second-order valence-electron chi connectivity index (χ2n) is 5.69. The van der Waals surface area contributed by atoms with Gasteiger partial charge in [0.05, 0.1) is 21.9 Å². The Hall–Kier alpha value is -1.67. The van der Waals surface area contributed by atoms with Crippen LogP contribution in [0.15, 0.2) is 18.2 Å². The van der Waals surface area contributed by atoms with Crippen molar-refractivity contribution in [3.8, 4) is 0 Å². The molecule has 2 N–H and O–H groups in total. The Balaban J connectivity index is 1.93. The zero-order valence-corrected chi connectivity index (χ0v) is 14.3. The Bertz CT molecular complexity index is 670. The summed E-state index contributed by atoms with van der Waals surface area (Å²) in [6, 6.07) is 4.28. The molecule has 1 saturated heterocycles. The van der Waals surface area contributed by atoms with Crippen molar-refractivity contribution < 1.29 is 27.9 Å². The Kier molecular flexibility index (Phi) is 6.05. The molecule has 25 heavy (non-hydrogen) atoms. The summed E-state index contributed by atoms with van der Waals surface area (Å²) >= 11 is 11.9. The smallest absolute Gasteiger partial charge is 0.394 e. The summed E-state index contributed by atoms with van der Waals surface area (Å²) in [5.41, 5.74) is 0.687. The molecule has 1 aliphatic rings. The molecule has 10 heteroatoms. The first kappa shape index (κ1) is 19.7. The van der Waals surface area contributed by atoms with E-state index >= 15 is 0 Å². The number of carboxylic acids is 1. The molecule has 0 spiro atoms. The lowest BCUT2D eigenvalue weighted by Crippen LogP contribution is -2.40. The Labute approximate surface area is 151 Å². The van der Waals surface area contributed by atoms with Crippen molar-refractivity contribution in [2.24, 2.45) is 11.8 Å². The molecule has 1 aliphatic heterocycles. The third-order valence-electron chi connectivity index (χ3n) is 4.05. The number of carbonyl (C=O) groups is 2. The number of carboxylic acid groups (broad SMARTS) is 1. The second-order valence-corrected chi connectivity index (χ2v) is 6.48. The lowest BCUT2D eigenvalue weighted by atomic mass is 9.96. The van der Waals surface area contributed by atoms with Gasteiger partial charge in [0.25, 0.3) is 0 Å². The van der Waals surface area contributed by atoms with Crippen LogP contribution in [0, 0.1) is 11.8 Å². The molecule has 0 aromatic heterocycles. The highest BCUT2D eigenvalue weighted by Crippen LogP contribution is 2.37. The number of hydrogen-bond donors (Lipinski definition) is 2. The van der Waals surface area contributed by atoms with Gasteiger partial charge in [0.2, 0.25) is 0 Å². The standard InChI is InChI=1S/C15H15Cl2F3N2O3/c16-11-3-1-2-8(12(11)17)4-5-21-14(25)22-6-9(13(23)24)10(7-22)15(18,19)20/h1-3,9-10H,4-7H2,(H,21,25)(H,23,24)/t9-,10-/m1/s1. The van der Waals surface area contributed by atoms with Gasteiger partial charge in [0.1, 0.15) is 0 Å². The van der Waals surface area contributed by atoms with Crippen LogP contribution >= 0.6 is 23.2 Å². The van der Waals surface area contributed by atoms with Crippen LogP contribution in [0.3, 0.4) is 0 Å². The number of amides is 2. The highest BCUT2D eigenvalue weighted by molar-refractivity contribution is 6.42. The van der Waals surface area contributed by atoms with Gasteiger partial charge in [-0.05, 0) is 18.1 Å². The van der Waals surface area contributed by atoms with Gasteiger partial charge in [-0.15, -0.1) is 0 Å². The van der Waals surface area contributed by atoms with Gasteiger partial charge in [-0.2, -0.15) is 13.2 Å². The van der Waals surface area contributed by atoms with Gasteiger partial charge >= 0.3 is 18.2 Å². The lowest BCUT2D eigenvalue weighted by molar-refractivity contribution is -0.187. The number of aliphatic carboxylic acids is 1. The topological polar surface area (TPSA) is 69.6 Å². The van der Waals surface area contributed by atoms with Gasteiger partial charge in [0.15, 0.2) is 0 Å². The maximum Gasteiger partial charge on any atom is 0.394 e. The van der Waals surface area contributed by atoms with Crippen LogP contribution in [0.1, 0.15) is 5.56 Å². The maximum absolute atomic E-state index is 12.9. The molecule has 1 heterocycles. The van der Waals surface area contributed by atoms with Crippen LogP contribution in [0.2, 0.25) is 10.0 Å². The van der Waals surface area contributed by atoms with E-state index in [2.05, 4.69) is 5.32 Å². The molecule has 0 saturated carbocycles. The molecular formula is C15H15Cl2F3N2O3. The van der Waals surface area contributed by atoms with Crippen LogP contribution < -0.4 is 5.32 Å². The van der Waals surface area contributed by atoms with Crippen molar-refractivity contribution in [2.75, 3.05) is 19.6 Å². The van der Waals surface area contributed by atoms with E-state index in [1.807, 2.05) is 0 Å². The van der Waals surface area contributed by atoms with E-state index in [-0.39, 0.29) is 6.54 Å². The number of benzene rings is 1. The summed E-state index contributed by atoms with van der Waals surface area (Å²) in [6.45, 7) is -1.03. The molecular weight excluding hydrogens is 384 g/mol. The summed E-state index contributed by atoms with van der Waals surface area (Å²) < 4.78 is 38.7. The van der Waals surface area contributed by atoms with E-state index in [1.54, 1.807) is 18.2 Å². The fraction of sp³-hybridized carbons (Fsp3) is 0.467. The van der Waals surface area contributed by atoms with E-state index in [4.69, 9.17) is 28.3 Å². The van der Waals surface area contributed by atoms with Gasteiger partial charge < -0.3 is 15.3 Å². The van der Waals surface area contributed by atoms with Crippen molar-refractivity contribution in [3.05, 3.63) is 33.8 Å². The van der Waals surface area contributed by atoms with Gasteiger partial charge in [-0.1, -0.05) is 35.3 Å². The summed E-state index contributed by atoms with van der Waals surface area (Å²) in [4.78, 5) is 23.9. The minimum atomic E-state index is -4.67. The minimum absolute atomic E-state index is 0.129. The van der Waals surface area contributed by atoms with Crippen LogP contribution in [-0.2, 0) is 11.2 Å². The summed E-state index contributed by atoms with van der Waals surface area (Å²) in [6.07, 6.45) is -4.34. The molecule has 2 rings (SSSR count). The summed E-state index contributed by atoms with van der Waals surface area (Å²) in [7, 11) is 0. The average Bonchev–Trinajstić information content (AvgIpc) is 2.97. The van der Waals surface area contributed by atoms with Crippen LogP contribution in [0.4, 0.5) is 18.0 Å². The average molecular weight is 399 g/mol. The molecule has 2 atom stereocenters. The fourth-order valence-corrected chi connectivity index (χ4v) is 3.12. The quantitative estimate of drug-likeness (QED) is 0.815. The first-order valence-electron chi connectivity index (χ1n) is 7.36. The number of urea groups is 1. The minimum Gasteiger partial charge on any atom is -0.481 e. The molecule has 0 aliphatic carbocycles.